The van der Waals surface area contributed by atoms with Gasteiger partial charge in [0.15, 0.2) is 0 Å². The van der Waals surface area contributed by atoms with Crippen LogP contribution in [0.2, 0.25) is 0 Å². The molecule has 1 unspecified atom stereocenters. The number of carbonyl (C=O) groups is 1. The number of ether oxygens (including phenoxy) is 1. The maximum Gasteiger partial charge on any atom is 0.303 e. The van der Waals surface area contributed by atoms with Crippen LogP contribution in [0.5, 0.6) is 5.75 Å². The first kappa shape index (κ1) is 20.7. The van der Waals surface area contributed by atoms with Crippen LogP contribution in [0.4, 0.5) is 0 Å². The third kappa shape index (κ3) is 5.12. The second kappa shape index (κ2) is 9.47. The minimum absolute atomic E-state index is 0.0291. The second-order valence-electron chi connectivity index (χ2n) is 7.74. The first-order valence-electron chi connectivity index (χ1n) is 10.6. The highest BCUT2D eigenvalue weighted by molar-refractivity contribution is 5.79. The van der Waals surface area contributed by atoms with Crippen molar-refractivity contribution in [1.82, 2.24) is 9.78 Å². The molecule has 5 heteroatoms. The van der Waals surface area contributed by atoms with Crippen LogP contribution in [0.15, 0.2) is 79.0 Å². The first-order valence-corrected chi connectivity index (χ1v) is 10.6. The number of benzene rings is 3. The number of hydrogen-bond acceptors (Lipinski definition) is 3. The van der Waals surface area contributed by atoms with Crippen molar-refractivity contribution in [2.75, 3.05) is 0 Å². The van der Waals surface area contributed by atoms with E-state index in [-0.39, 0.29) is 12.3 Å². The van der Waals surface area contributed by atoms with Crippen molar-refractivity contribution in [3.63, 3.8) is 0 Å². The second-order valence-corrected chi connectivity index (χ2v) is 7.74. The topological polar surface area (TPSA) is 64.3 Å². The summed E-state index contributed by atoms with van der Waals surface area (Å²) in [4.78, 5) is 11.0. The quantitative estimate of drug-likeness (QED) is 0.385. The summed E-state index contributed by atoms with van der Waals surface area (Å²) in [5.74, 6) is 0.0323. The number of hydrogen-bond donors (Lipinski definition) is 1. The molecule has 3 aromatic carbocycles. The Balaban J connectivity index is 1.40. The predicted octanol–water partition coefficient (Wildman–Crippen LogP) is 5.63. The summed E-state index contributed by atoms with van der Waals surface area (Å²) < 4.78 is 7.96. The number of aliphatic carboxylic acids is 1. The third-order valence-corrected chi connectivity index (χ3v) is 5.55. The molecule has 0 saturated heterocycles. The highest BCUT2D eigenvalue weighted by atomic mass is 16.5. The molecule has 158 valence electrons. The van der Waals surface area contributed by atoms with Crippen LogP contribution >= 0.6 is 0 Å². The Morgan fingerprint density at radius 2 is 1.81 bits per heavy atom. The highest BCUT2D eigenvalue weighted by Gasteiger charge is 2.13. The maximum atomic E-state index is 11.0. The number of carboxylic acid groups (broad SMARTS) is 1. The summed E-state index contributed by atoms with van der Waals surface area (Å²) >= 11 is 0. The molecule has 4 aromatic rings. The summed E-state index contributed by atoms with van der Waals surface area (Å²) in [6, 6.07) is 24.3. The van der Waals surface area contributed by atoms with Crippen LogP contribution in [0.25, 0.3) is 10.9 Å². The van der Waals surface area contributed by atoms with Crippen molar-refractivity contribution in [3.05, 3.63) is 95.7 Å². The fourth-order valence-electron chi connectivity index (χ4n) is 3.82. The predicted molar refractivity (Wildman–Crippen MR) is 121 cm³/mol. The summed E-state index contributed by atoms with van der Waals surface area (Å²) in [6.45, 7) is 3.22. The Morgan fingerprint density at radius 1 is 1.03 bits per heavy atom. The zero-order valence-electron chi connectivity index (χ0n) is 17.6. The van der Waals surface area contributed by atoms with E-state index in [4.69, 9.17) is 9.84 Å². The molecule has 0 spiro atoms. The van der Waals surface area contributed by atoms with E-state index in [1.54, 1.807) is 0 Å². The van der Waals surface area contributed by atoms with Crippen molar-refractivity contribution < 1.29 is 14.6 Å². The van der Waals surface area contributed by atoms with Crippen molar-refractivity contribution in [2.45, 2.75) is 38.8 Å². The van der Waals surface area contributed by atoms with Gasteiger partial charge in [0.05, 0.1) is 24.7 Å². The number of fused-ring (bicyclic) bond motifs is 1. The van der Waals surface area contributed by atoms with Gasteiger partial charge in [0.25, 0.3) is 0 Å². The molecule has 0 amide bonds. The van der Waals surface area contributed by atoms with Crippen molar-refractivity contribution in [3.8, 4) is 5.75 Å². The van der Waals surface area contributed by atoms with Gasteiger partial charge in [-0.1, -0.05) is 55.5 Å². The van der Waals surface area contributed by atoms with Gasteiger partial charge in [0.2, 0.25) is 0 Å². The molecule has 0 saturated carbocycles. The molecular formula is C26H26N2O3. The Bertz CT molecular complexity index is 1150. The minimum atomic E-state index is -0.769. The van der Waals surface area contributed by atoms with Gasteiger partial charge >= 0.3 is 5.97 Å². The Morgan fingerprint density at radius 3 is 2.52 bits per heavy atom. The van der Waals surface area contributed by atoms with Crippen LogP contribution < -0.4 is 4.74 Å². The minimum Gasteiger partial charge on any atom is -0.489 e. The fourth-order valence-corrected chi connectivity index (χ4v) is 3.82. The van der Waals surface area contributed by atoms with Gasteiger partial charge in [-0.05, 0) is 53.3 Å². The van der Waals surface area contributed by atoms with Gasteiger partial charge in [-0.25, -0.2) is 0 Å². The summed E-state index contributed by atoms with van der Waals surface area (Å²) in [5, 5.41) is 14.7. The fraction of sp³-hybridized carbons (Fsp3) is 0.231. The summed E-state index contributed by atoms with van der Waals surface area (Å²) in [7, 11) is 0. The molecule has 4 rings (SSSR count). The van der Waals surface area contributed by atoms with Gasteiger partial charge < -0.3 is 9.84 Å². The molecule has 0 radical (unpaired) electrons. The molecule has 1 atom stereocenters. The van der Waals surface area contributed by atoms with Crippen LogP contribution in [-0.4, -0.2) is 20.9 Å². The zero-order chi connectivity index (χ0) is 21.6. The summed E-state index contributed by atoms with van der Waals surface area (Å²) in [6.07, 6.45) is 2.84. The lowest BCUT2D eigenvalue weighted by Gasteiger charge is -2.14. The molecule has 1 N–H and O–H groups in total. The molecule has 0 aliphatic carbocycles. The molecule has 0 aliphatic rings. The van der Waals surface area contributed by atoms with Crippen molar-refractivity contribution in [1.29, 1.82) is 0 Å². The average molecular weight is 415 g/mol. The van der Waals surface area contributed by atoms with Gasteiger partial charge in [-0.3, -0.25) is 9.48 Å². The van der Waals surface area contributed by atoms with Crippen molar-refractivity contribution >= 4 is 16.9 Å². The van der Waals surface area contributed by atoms with Gasteiger partial charge in [0.1, 0.15) is 12.4 Å². The van der Waals surface area contributed by atoms with Crippen LogP contribution in [0, 0.1) is 0 Å². The monoisotopic (exact) mass is 414 g/mol. The largest absolute Gasteiger partial charge is 0.489 e. The van der Waals surface area contributed by atoms with Gasteiger partial charge in [-0.2, -0.15) is 5.10 Å². The lowest BCUT2D eigenvalue weighted by atomic mass is 9.93. The van der Waals surface area contributed by atoms with E-state index in [9.17, 15) is 4.79 Å². The number of rotatable bonds is 9. The van der Waals surface area contributed by atoms with E-state index in [2.05, 4.69) is 35.4 Å². The van der Waals surface area contributed by atoms with Crippen LogP contribution in [0.3, 0.4) is 0 Å². The van der Waals surface area contributed by atoms with E-state index in [1.807, 2.05) is 60.3 Å². The molecule has 1 aromatic heterocycles. The Kier molecular flexibility index (Phi) is 6.32. The van der Waals surface area contributed by atoms with Crippen LogP contribution in [0.1, 0.15) is 42.4 Å². The lowest BCUT2D eigenvalue weighted by molar-refractivity contribution is -0.137. The Hall–Kier alpha value is -3.60. The zero-order valence-corrected chi connectivity index (χ0v) is 17.6. The standard InChI is InChI=1S/C26H26N2O3/c1-2-21(15-26(29)30)22-9-11-24(12-10-22)31-18-20-8-13-25-23(14-20)16-27-28(25)17-19-6-4-3-5-7-19/h3-14,16,21H,2,15,17-18H2,1H3,(H,29,30). The average Bonchev–Trinajstić information content (AvgIpc) is 3.19. The Labute approximate surface area is 181 Å². The van der Waals surface area contributed by atoms with E-state index < -0.39 is 5.97 Å². The lowest BCUT2D eigenvalue weighted by Crippen LogP contribution is -2.05. The highest BCUT2D eigenvalue weighted by Crippen LogP contribution is 2.26. The van der Waals surface area contributed by atoms with Crippen molar-refractivity contribution in [2.24, 2.45) is 0 Å². The van der Waals surface area contributed by atoms with E-state index in [0.29, 0.717) is 6.61 Å². The number of nitrogens with zero attached hydrogens (tertiary/aromatic N) is 2. The van der Waals surface area contributed by atoms with Gasteiger partial charge in [0, 0.05) is 5.39 Å². The molecule has 5 nitrogen and oxygen atoms in total. The molecular weight excluding hydrogens is 388 g/mol. The molecule has 0 bridgehead atoms. The summed E-state index contributed by atoms with van der Waals surface area (Å²) in [5.41, 5.74) is 4.43. The van der Waals surface area contributed by atoms with E-state index in [1.165, 1.54) is 5.56 Å². The van der Waals surface area contributed by atoms with E-state index in [0.717, 1.165) is 40.7 Å². The third-order valence-electron chi connectivity index (χ3n) is 5.55. The van der Waals surface area contributed by atoms with Crippen LogP contribution in [-0.2, 0) is 17.9 Å². The van der Waals surface area contributed by atoms with E-state index >= 15 is 0 Å². The smallest absolute Gasteiger partial charge is 0.303 e. The molecule has 0 fully saturated rings. The number of aromatic nitrogens is 2. The first-order chi connectivity index (χ1) is 15.1. The molecule has 1 heterocycles. The number of carboxylic acids is 1. The van der Waals surface area contributed by atoms with Gasteiger partial charge in [-0.15, -0.1) is 0 Å². The molecule has 0 aliphatic heterocycles. The maximum absolute atomic E-state index is 11.0. The molecule has 31 heavy (non-hydrogen) atoms. The normalized spacial score (nSPS) is 12.0. The SMILES string of the molecule is CCC(CC(=O)O)c1ccc(OCc2ccc3c(cnn3Cc3ccccc3)c2)cc1.